The first-order chi connectivity index (χ1) is 8.61. The van der Waals surface area contributed by atoms with Crippen LogP contribution in [0.3, 0.4) is 0 Å². The van der Waals surface area contributed by atoms with E-state index in [1.807, 2.05) is 23.6 Å². The highest BCUT2D eigenvalue weighted by molar-refractivity contribution is 7.99. The van der Waals surface area contributed by atoms with Crippen molar-refractivity contribution in [3.63, 3.8) is 0 Å². The second-order valence-electron chi connectivity index (χ2n) is 4.94. The number of piperidine rings is 1. The van der Waals surface area contributed by atoms with Crippen LogP contribution in [0.1, 0.15) is 26.2 Å². The maximum atomic E-state index is 12.5. The van der Waals surface area contributed by atoms with Gasteiger partial charge in [-0.25, -0.2) is 9.59 Å². The Bertz CT molecular complexity index is 337. The molecule has 1 N–H and O–H groups in total. The van der Waals surface area contributed by atoms with E-state index in [0.29, 0.717) is 13.0 Å². The van der Waals surface area contributed by atoms with E-state index in [1.54, 1.807) is 4.90 Å². The monoisotopic (exact) mass is 272 g/mol. The zero-order valence-corrected chi connectivity index (χ0v) is 11.5. The first-order valence-corrected chi connectivity index (χ1v) is 7.64. The number of nitrogens with zero attached hydrogens (tertiary/aromatic N) is 2. The summed E-state index contributed by atoms with van der Waals surface area (Å²) in [6, 6.07) is -0.518. The van der Waals surface area contributed by atoms with Crippen LogP contribution in [0.5, 0.6) is 0 Å². The molecule has 2 rings (SSSR count). The van der Waals surface area contributed by atoms with E-state index in [0.717, 1.165) is 30.9 Å². The molecule has 0 aromatic heterocycles. The minimum atomic E-state index is -0.873. The van der Waals surface area contributed by atoms with Gasteiger partial charge in [0.15, 0.2) is 0 Å². The van der Waals surface area contributed by atoms with Crippen LogP contribution in [0.2, 0.25) is 0 Å². The average Bonchev–Trinajstić information content (AvgIpc) is 2.38. The highest BCUT2D eigenvalue weighted by Gasteiger charge is 2.36. The number of hydrogen-bond donors (Lipinski definition) is 1. The Hall–Kier alpha value is -0.910. The molecule has 0 saturated carbocycles. The van der Waals surface area contributed by atoms with Gasteiger partial charge in [0.2, 0.25) is 0 Å². The number of likely N-dealkylation sites (tertiary alicyclic amines) is 1. The van der Waals surface area contributed by atoms with Crippen LogP contribution in [0.25, 0.3) is 0 Å². The lowest BCUT2D eigenvalue weighted by Gasteiger charge is -2.40. The molecule has 6 heteroatoms. The smallest absolute Gasteiger partial charge is 0.326 e. The standard InChI is InChI=1S/C12H20N2O3S/c1-9-8-18-7-6-13(9)12(17)14-5-3-2-4-10(14)11(15)16/h9-10H,2-8H2,1H3,(H,15,16). The first-order valence-electron chi connectivity index (χ1n) is 6.49. The summed E-state index contributed by atoms with van der Waals surface area (Å²) in [6.45, 7) is 3.34. The van der Waals surface area contributed by atoms with Crippen molar-refractivity contribution in [2.45, 2.75) is 38.3 Å². The minimum Gasteiger partial charge on any atom is -0.480 e. The number of hydrogen-bond acceptors (Lipinski definition) is 3. The molecule has 2 heterocycles. The van der Waals surface area contributed by atoms with Crippen molar-refractivity contribution in [3.8, 4) is 0 Å². The topological polar surface area (TPSA) is 60.9 Å². The molecule has 2 aliphatic heterocycles. The number of thioether (sulfide) groups is 1. The van der Waals surface area contributed by atoms with Gasteiger partial charge in [0.05, 0.1) is 0 Å². The summed E-state index contributed by atoms with van der Waals surface area (Å²) in [7, 11) is 0. The van der Waals surface area contributed by atoms with Crippen molar-refractivity contribution in [1.82, 2.24) is 9.80 Å². The molecule has 0 aromatic rings. The van der Waals surface area contributed by atoms with E-state index in [2.05, 4.69) is 0 Å². The minimum absolute atomic E-state index is 0.0881. The van der Waals surface area contributed by atoms with Gasteiger partial charge in [0.1, 0.15) is 6.04 Å². The van der Waals surface area contributed by atoms with E-state index < -0.39 is 12.0 Å². The molecule has 2 unspecified atom stereocenters. The fourth-order valence-electron chi connectivity index (χ4n) is 2.59. The van der Waals surface area contributed by atoms with Crippen molar-refractivity contribution < 1.29 is 14.7 Å². The molecular formula is C12H20N2O3S. The maximum Gasteiger partial charge on any atom is 0.326 e. The van der Waals surface area contributed by atoms with Crippen LogP contribution in [0.4, 0.5) is 4.79 Å². The van der Waals surface area contributed by atoms with Crippen molar-refractivity contribution in [3.05, 3.63) is 0 Å². The molecule has 2 aliphatic rings. The molecule has 0 radical (unpaired) electrons. The summed E-state index contributed by atoms with van der Waals surface area (Å²) in [4.78, 5) is 27.1. The summed E-state index contributed by atoms with van der Waals surface area (Å²) < 4.78 is 0. The number of urea groups is 1. The Labute approximate surface area is 112 Å². The van der Waals surface area contributed by atoms with Gasteiger partial charge >= 0.3 is 12.0 Å². The summed E-state index contributed by atoms with van der Waals surface area (Å²) >= 11 is 1.85. The lowest BCUT2D eigenvalue weighted by Crippen LogP contribution is -2.56. The molecule has 2 atom stereocenters. The molecule has 0 aromatic carbocycles. The summed E-state index contributed by atoms with van der Waals surface area (Å²) in [5.41, 5.74) is 0. The zero-order valence-electron chi connectivity index (χ0n) is 10.7. The van der Waals surface area contributed by atoms with E-state index in [4.69, 9.17) is 0 Å². The SMILES string of the molecule is CC1CSCCN1C(=O)N1CCCCC1C(=O)O. The number of carboxylic acids is 1. The van der Waals surface area contributed by atoms with Crippen molar-refractivity contribution >= 4 is 23.8 Å². The third-order valence-corrected chi connectivity index (χ3v) is 4.84. The van der Waals surface area contributed by atoms with Gasteiger partial charge < -0.3 is 14.9 Å². The van der Waals surface area contributed by atoms with Crippen LogP contribution in [0, 0.1) is 0 Å². The van der Waals surface area contributed by atoms with Crippen molar-refractivity contribution in [2.75, 3.05) is 24.6 Å². The normalized spacial score (nSPS) is 29.2. The fraction of sp³-hybridized carbons (Fsp3) is 0.833. The van der Waals surface area contributed by atoms with Crippen LogP contribution in [-0.2, 0) is 4.79 Å². The van der Waals surface area contributed by atoms with E-state index in [9.17, 15) is 14.7 Å². The lowest BCUT2D eigenvalue weighted by atomic mass is 10.0. The zero-order chi connectivity index (χ0) is 13.1. The fourth-order valence-corrected chi connectivity index (χ4v) is 3.61. The summed E-state index contributed by atoms with van der Waals surface area (Å²) in [5, 5.41) is 9.21. The number of carbonyl (C=O) groups excluding carboxylic acids is 1. The highest BCUT2D eigenvalue weighted by Crippen LogP contribution is 2.23. The molecule has 18 heavy (non-hydrogen) atoms. The Morgan fingerprint density at radius 2 is 2.00 bits per heavy atom. The third-order valence-electron chi connectivity index (χ3n) is 3.65. The number of aliphatic carboxylic acids is 1. The molecule has 0 spiro atoms. The predicted molar refractivity (Wildman–Crippen MR) is 70.9 cm³/mol. The van der Waals surface area contributed by atoms with E-state index in [-0.39, 0.29) is 12.1 Å². The largest absolute Gasteiger partial charge is 0.480 e. The highest BCUT2D eigenvalue weighted by atomic mass is 32.2. The quantitative estimate of drug-likeness (QED) is 0.785. The molecule has 5 nitrogen and oxygen atoms in total. The van der Waals surface area contributed by atoms with Gasteiger partial charge in [0.25, 0.3) is 0 Å². The molecule has 2 amide bonds. The van der Waals surface area contributed by atoms with Crippen molar-refractivity contribution in [2.24, 2.45) is 0 Å². The second-order valence-corrected chi connectivity index (χ2v) is 6.09. The third kappa shape index (κ3) is 2.74. The Kier molecular flexibility index (Phi) is 4.37. The van der Waals surface area contributed by atoms with Gasteiger partial charge in [-0.15, -0.1) is 0 Å². The molecule has 0 aliphatic carbocycles. The molecule has 2 fully saturated rings. The first kappa shape index (κ1) is 13.5. The van der Waals surface area contributed by atoms with Crippen LogP contribution in [-0.4, -0.2) is 63.6 Å². The number of rotatable bonds is 1. The van der Waals surface area contributed by atoms with Gasteiger partial charge in [0, 0.05) is 30.6 Å². The molecule has 102 valence electrons. The Morgan fingerprint density at radius 3 is 2.67 bits per heavy atom. The maximum absolute atomic E-state index is 12.5. The van der Waals surface area contributed by atoms with Crippen LogP contribution < -0.4 is 0 Å². The Morgan fingerprint density at radius 1 is 1.22 bits per heavy atom. The van der Waals surface area contributed by atoms with Crippen LogP contribution >= 0.6 is 11.8 Å². The molecular weight excluding hydrogens is 252 g/mol. The van der Waals surface area contributed by atoms with Gasteiger partial charge in [-0.05, 0) is 26.2 Å². The summed E-state index contributed by atoms with van der Waals surface area (Å²) in [6.07, 6.45) is 2.39. The lowest BCUT2D eigenvalue weighted by molar-refractivity contribution is -0.143. The predicted octanol–water partition coefficient (Wildman–Crippen LogP) is 1.48. The van der Waals surface area contributed by atoms with Crippen LogP contribution in [0.15, 0.2) is 0 Å². The number of carboxylic acid groups (broad SMARTS) is 1. The van der Waals surface area contributed by atoms with Gasteiger partial charge in [-0.3, -0.25) is 0 Å². The van der Waals surface area contributed by atoms with Gasteiger partial charge in [-0.1, -0.05) is 0 Å². The molecule has 2 saturated heterocycles. The second kappa shape index (κ2) is 5.82. The Balaban J connectivity index is 2.07. The van der Waals surface area contributed by atoms with E-state index in [1.165, 1.54) is 0 Å². The summed E-state index contributed by atoms with van der Waals surface area (Å²) in [5.74, 6) is 1.01. The molecule has 0 bridgehead atoms. The van der Waals surface area contributed by atoms with Gasteiger partial charge in [-0.2, -0.15) is 11.8 Å². The van der Waals surface area contributed by atoms with E-state index >= 15 is 0 Å². The average molecular weight is 272 g/mol. The van der Waals surface area contributed by atoms with Crippen molar-refractivity contribution in [1.29, 1.82) is 0 Å². The number of carbonyl (C=O) groups is 2. The number of amides is 2.